The molecule has 0 spiro atoms. The molecular weight excluding hydrogens is 450 g/mol. The second-order valence-electron chi connectivity index (χ2n) is 8.93. The third-order valence-corrected chi connectivity index (χ3v) is 8.12. The van der Waals surface area contributed by atoms with Crippen LogP contribution in [0.4, 0.5) is 0 Å². The fraction of sp³-hybridized carbons (Fsp3) is 0.231. The van der Waals surface area contributed by atoms with Gasteiger partial charge in [-0.2, -0.15) is 0 Å². The molecule has 1 aliphatic rings. The second kappa shape index (κ2) is 8.38. The van der Waals surface area contributed by atoms with Gasteiger partial charge >= 0.3 is 5.69 Å². The van der Waals surface area contributed by atoms with E-state index in [4.69, 9.17) is 0 Å². The molecule has 0 saturated heterocycles. The molecule has 1 aliphatic heterocycles. The minimum absolute atomic E-state index is 0.0562. The number of aromatic amines is 1. The summed E-state index contributed by atoms with van der Waals surface area (Å²) in [5, 5.41) is 0.166. The Morgan fingerprint density at radius 2 is 1.68 bits per heavy atom. The zero-order valence-corrected chi connectivity index (χ0v) is 19.8. The van der Waals surface area contributed by atoms with Crippen molar-refractivity contribution in [1.29, 1.82) is 0 Å². The Hall–Kier alpha value is -3.49. The number of aromatic nitrogens is 2. The summed E-state index contributed by atoms with van der Waals surface area (Å²) in [6.07, 6.45) is 0. The van der Waals surface area contributed by atoms with Gasteiger partial charge < -0.3 is 4.98 Å². The SMILES string of the molecule is CC(c1ccccc1)n1c(=O)[nH]c2ccc(S(=O)(=O)Cc3ccc4c(c3)CN(C)C4)cc2c1=O. The van der Waals surface area contributed by atoms with Crippen molar-refractivity contribution in [2.24, 2.45) is 0 Å². The lowest BCUT2D eigenvalue weighted by Crippen LogP contribution is -2.37. The number of sulfone groups is 1. The van der Waals surface area contributed by atoms with E-state index in [0.717, 1.165) is 28.8 Å². The molecule has 7 nitrogen and oxygen atoms in total. The van der Waals surface area contributed by atoms with Gasteiger partial charge in [-0.05, 0) is 54.4 Å². The number of H-pyrrole nitrogens is 1. The Kier molecular flexibility index (Phi) is 5.50. The lowest BCUT2D eigenvalue weighted by molar-refractivity contribution is 0.353. The third-order valence-electron chi connectivity index (χ3n) is 6.44. The van der Waals surface area contributed by atoms with Crippen LogP contribution in [-0.2, 0) is 28.7 Å². The number of nitrogens with one attached hydrogen (secondary N) is 1. The first-order valence-electron chi connectivity index (χ1n) is 11.1. The van der Waals surface area contributed by atoms with E-state index in [0.29, 0.717) is 11.1 Å². The summed E-state index contributed by atoms with van der Waals surface area (Å²) in [6.45, 7) is 3.42. The van der Waals surface area contributed by atoms with Gasteiger partial charge in [0, 0.05) is 13.1 Å². The van der Waals surface area contributed by atoms with Crippen molar-refractivity contribution in [2.75, 3.05) is 7.05 Å². The lowest BCUT2D eigenvalue weighted by Gasteiger charge is -2.15. The molecule has 1 unspecified atom stereocenters. The normalized spacial score (nSPS) is 14.9. The van der Waals surface area contributed by atoms with Gasteiger partial charge in [0.25, 0.3) is 5.56 Å². The number of benzene rings is 3. The molecule has 2 heterocycles. The molecule has 0 radical (unpaired) electrons. The molecule has 3 aromatic carbocycles. The molecule has 1 atom stereocenters. The largest absolute Gasteiger partial charge is 0.329 e. The van der Waals surface area contributed by atoms with Gasteiger partial charge in [0.2, 0.25) is 0 Å². The van der Waals surface area contributed by atoms with E-state index in [1.165, 1.54) is 23.8 Å². The minimum Gasteiger partial charge on any atom is -0.307 e. The highest BCUT2D eigenvalue weighted by Crippen LogP contribution is 2.25. The number of rotatable bonds is 5. The van der Waals surface area contributed by atoms with Crippen LogP contribution in [0.25, 0.3) is 10.9 Å². The van der Waals surface area contributed by atoms with Crippen molar-refractivity contribution in [3.05, 3.63) is 110 Å². The molecular formula is C26H25N3O4S. The van der Waals surface area contributed by atoms with E-state index in [1.807, 2.05) is 55.6 Å². The van der Waals surface area contributed by atoms with Crippen molar-refractivity contribution in [3.63, 3.8) is 0 Å². The molecule has 0 saturated carbocycles. The van der Waals surface area contributed by atoms with E-state index in [-0.39, 0.29) is 16.0 Å². The zero-order chi connectivity index (χ0) is 24.0. The van der Waals surface area contributed by atoms with Crippen LogP contribution < -0.4 is 11.2 Å². The number of hydrogen-bond acceptors (Lipinski definition) is 5. The van der Waals surface area contributed by atoms with Crippen molar-refractivity contribution in [3.8, 4) is 0 Å². The third kappa shape index (κ3) is 3.99. The quantitative estimate of drug-likeness (QED) is 0.479. The van der Waals surface area contributed by atoms with E-state index in [2.05, 4.69) is 9.88 Å². The van der Waals surface area contributed by atoms with Crippen LogP contribution in [0.3, 0.4) is 0 Å². The summed E-state index contributed by atoms with van der Waals surface area (Å²) in [7, 11) is -1.67. The Labute approximate surface area is 197 Å². The van der Waals surface area contributed by atoms with Crippen molar-refractivity contribution in [2.45, 2.75) is 36.7 Å². The van der Waals surface area contributed by atoms with Crippen LogP contribution in [-0.4, -0.2) is 29.9 Å². The van der Waals surface area contributed by atoms with Crippen LogP contribution in [0.1, 0.15) is 35.2 Å². The zero-order valence-electron chi connectivity index (χ0n) is 19.0. The number of hydrogen-bond donors (Lipinski definition) is 1. The first kappa shape index (κ1) is 22.3. The van der Waals surface area contributed by atoms with E-state index in [1.54, 1.807) is 6.92 Å². The van der Waals surface area contributed by atoms with Gasteiger partial charge in [-0.15, -0.1) is 0 Å². The predicted octanol–water partition coefficient (Wildman–Crippen LogP) is 3.22. The highest BCUT2D eigenvalue weighted by molar-refractivity contribution is 7.90. The van der Waals surface area contributed by atoms with Crippen LogP contribution in [0.15, 0.2) is 81.2 Å². The lowest BCUT2D eigenvalue weighted by atomic mass is 10.1. The molecule has 5 rings (SSSR count). The maximum absolute atomic E-state index is 13.3. The summed E-state index contributed by atoms with van der Waals surface area (Å²) in [5.74, 6) is -0.159. The standard InChI is InChI=1S/C26H25N3O4S/c1-17(19-6-4-3-5-7-19)29-25(30)23-13-22(10-11-24(23)27-26(29)31)34(32,33)16-18-8-9-20-14-28(2)15-21(20)12-18/h3-13,17H,14-16H2,1-2H3,(H,27,31). The van der Waals surface area contributed by atoms with Crippen molar-refractivity contribution < 1.29 is 8.42 Å². The molecule has 34 heavy (non-hydrogen) atoms. The molecule has 1 N–H and O–H groups in total. The van der Waals surface area contributed by atoms with E-state index < -0.39 is 27.1 Å². The van der Waals surface area contributed by atoms with Crippen LogP contribution in [0, 0.1) is 0 Å². The van der Waals surface area contributed by atoms with Crippen LogP contribution in [0.5, 0.6) is 0 Å². The molecule has 1 aromatic heterocycles. The smallest absolute Gasteiger partial charge is 0.307 e. The summed E-state index contributed by atoms with van der Waals surface area (Å²) in [6, 6.07) is 18.8. The molecule has 8 heteroatoms. The summed E-state index contributed by atoms with van der Waals surface area (Å²) >= 11 is 0. The maximum atomic E-state index is 13.3. The fourth-order valence-corrected chi connectivity index (χ4v) is 6.00. The topological polar surface area (TPSA) is 92.2 Å². The number of nitrogens with zero attached hydrogens (tertiary/aromatic N) is 2. The molecule has 0 aliphatic carbocycles. The van der Waals surface area contributed by atoms with E-state index >= 15 is 0 Å². The monoisotopic (exact) mass is 475 g/mol. The molecule has 174 valence electrons. The van der Waals surface area contributed by atoms with Crippen LogP contribution in [0.2, 0.25) is 0 Å². The van der Waals surface area contributed by atoms with Gasteiger partial charge in [0.15, 0.2) is 9.84 Å². The minimum atomic E-state index is -3.70. The van der Waals surface area contributed by atoms with Gasteiger partial charge in [0.05, 0.1) is 27.6 Å². The van der Waals surface area contributed by atoms with Crippen molar-refractivity contribution in [1.82, 2.24) is 14.5 Å². The first-order valence-corrected chi connectivity index (χ1v) is 12.7. The summed E-state index contributed by atoms with van der Waals surface area (Å²) < 4.78 is 27.6. The Bertz CT molecular complexity index is 1620. The summed E-state index contributed by atoms with van der Waals surface area (Å²) in [5.41, 5.74) is 3.13. The molecule has 4 aromatic rings. The molecule has 0 fully saturated rings. The Morgan fingerprint density at radius 3 is 2.44 bits per heavy atom. The average molecular weight is 476 g/mol. The molecule has 0 bridgehead atoms. The molecule has 0 amide bonds. The van der Waals surface area contributed by atoms with Gasteiger partial charge in [0.1, 0.15) is 0 Å². The fourth-order valence-electron chi connectivity index (χ4n) is 4.64. The van der Waals surface area contributed by atoms with Crippen molar-refractivity contribution >= 4 is 20.7 Å². The Morgan fingerprint density at radius 1 is 0.941 bits per heavy atom. The van der Waals surface area contributed by atoms with Gasteiger partial charge in [-0.3, -0.25) is 14.3 Å². The van der Waals surface area contributed by atoms with Gasteiger partial charge in [-0.1, -0.05) is 48.5 Å². The maximum Gasteiger partial charge on any atom is 0.329 e. The Balaban J connectivity index is 1.54. The highest BCUT2D eigenvalue weighted by Gasteiger charge is 2.21. The number of fused-ring (bicyclic) bond motifs is 2. The average Bonchev–Trinajstić information content (AvgIpc) is 3.18. The predicted molar refractivity (Wildman–Crippen MR) is 132 cm³/mol. The second-order valence-corrected chi connectivity index (χ2v) is 10.9. The highest BCUT2D eigenvalue weighted by atomic mass is 32.2. The van der Waals surface area contributed by atoms with Crippen LogP contribution >= 0.6 is 0 Å². The summed E-state index contributed by atoms with van der Waals surface area (Å²) in [4.78, 5) is 30.9. The van der Waals surface area contributed by atoms with E-state index in [9.17, 15) is 18.0 Å². The first-order chi connectivity index (χ1) is 16.2. The van der Waals surface area contributed by atoms with Gasteiger partial charge in [-0.25, -0.2) is 13.2 Å².